The molecule has 0 saturated carbocycles. The van der Waals surface area contributed by atoms with Crippen LogP contribution in [-0.2, 0) is 0 Å². The van der Waals surface area contributed by atoms with Crippen LogP contribution in [0.1, 0.15) is 10.4 Å². The maximum atomic E-state index is 11.8. The minimum absolute atomic E-state index is 0.141. The van der Waals surface area contributed by atoms with Crippen LogP contribution in [0.2, 0.25) is 10.0 Å². The summed E-state index contributed by atoms with van der Waals surface area (Å²) in [4.78, 5) is 25.8. The van der Waals surface area contributed by atoms with Crippen molar-refractivity contribution in [2.24, 2.45) is 0 Å². The molecule has 7 nitrogen and oxygen atoms in total. The Kier molecular flexibility index (Phi) is 5.72. The highest BCUT2D eigenvalue weighted by molar-refractivity contribution is 6.39. The molecule has 1 aromatic heterocycles. The first kappa shape index (κ1) is 17.0. The summed E-state index contributed by atoms with van der Waals surface area (Å²) >= 11 is 11.9. The smallest absolute Gasteiger partial charge is 0.272 e. The van der Waals surface area contributed by atoms with Crippen molar-refractivity contribution in [1.82, 2.24) is 10.3 Å². The van der Waals surface area contributed by atoms with E-state index in [0.717, 1.165) is 0 Å². The third-order valence-electron chi connectivity index (χ3n) is 2.87. The molecule has 120 valence electrons. The van der Waals surface area contributed by atoms with Crippen LogP contribution in [-0.4, -0.2) is 28.9 Å². The Morgan fingerprint density at radius 2 is 1.96 bits per heavy atom. The number of nitrogens with one attached hydrogen (secondary N) is 2. The van der Waals surface area contributed by atoms with E-state index < -0.39 is 4.92 Å². The van der Waals surface area contributed by atoms with Gasteiger partial charge in [-0.2, -0.15) is 0 Å². The van der Waals surface area contributed by atoms with Gasteiger partial charge in [-0.1, -0.05) is 23.2 Å². The molecule has 1 aromatic carbocycles. The molecule has 0 aliphatic carbocycles. The van der Waals surface area contributed by atoms with Crippen LogP contribution in [0.15, 0.2) is 36.7 Å². The number of nitro benzene ring substituents is 1. The van der Waals surface area contributed by atoms with Crippen LogP contribution in [0.5, 0.6) is 0 Å². The number of non-ortho nitro benzene ring substituents is 1. The molecule has 0 aliphatic rings. The number of rotatable bonds is 6. The van der Waals surface area contributed by atoms with E-state index in [1.807, 2.05) is 0 Å². The summed E-state index contributed by atoms with van der Waals surface area (Å²) in [5.74, 6) is -0.249. The number of aromatic nitrogens is 1. The van der Waals surface area contributed by atoms with Crippen molar-refractivity contribution in [3.63, 3.8) is 0 Å². The van der Waals surface area contributed by atoms with E-state index in [4.69, 9.17) is 23.2 Å². The van der Waals surface area contributed by atoms with Gasteiger partial charge in [0.05, 0.1) is 26.2 Å². The molecule has 2 aromatic rings. The van der Waals surface area contributed by atoms with Gasteiger partial charge in [-0.3, -0.25) is 19.9 Å². The summed E-state index contributed by atoms with van der Waals surface area (Å²) in [6.07, 6.45) is 3.05. The first-order chi connectivity index (χ1) is 11.0. The van der Waals surface area contributed by atoms with Crippen molar-refractivity contribution in [1.29, 1.82) is 0 Å². The number of hydrogen-bond acceptors (Lipinski definition) is 5. The average molecular weight is 355 g/mol. The number of carbonyl (C=O) groups is 1. The predicted molar refractivity (Wildman–Crippen MR) is 88.2 cm³/mol. The summed E-state index contributed by atoms with van der Waals surface area (Å²) in [5.41, 5.74) is 0.656. The van der Waals surface area contributed by atoms with Crippen LogP contribution >= 0.6 is 23.2 Å². The summed E-state index contributed by atoms with van der Waals surface area (Å²) in [7, 11) is 0. The van der Waals surface area contributed by atoms with Gasteiger partial charge in [-0.25, -0.2) is 0 Å². The number of benzene rings is 1. The number of hydrogen-bond donors (Lipinski definition) is 2. The zero-order valence-electron chi connectivity index (χ0n) is 11.8. The second kappa shape index (κ2) is 7.75. The molecule has 2 rings (SSSR count). The normalized spacial score (nSPS) is 10.2. The van der Waals surface area contributed by atoms with Gasteiger partial charge in [0.25, 0.3) is 11.6 Å². The Hall–Kier alpha value is -2.38. The molecular weight excluding hydrogens is 343 g/mol. The summed E-state index contributed by atoms with van der Waals surface area (Å²) in [6, 6.07) is 5.75. The molecule has 0 fully saturated rings. The molecule has 23 heavy (non-hydrogen) atoms. The average Bonchev–Trinajstić information content (AvgIpc) is 2.53. The highest BCUT2D eigenvalue weighted by atomic mass is 35.5. The van der Waals surface area contributed by atoms with Gasteiger partial charge >= 0.3 is 0 Å². The molecule has 9 heteroatoms. The number of carbonyl (C=O) groups excluding carboxylic acids is 1. The number of nitrogens with zero attached hydrogens (tertiary/aromatic N) is 2. The van der Waals surface area contributed by atoms with Crippen LogP contribution in [0.25, 0.3) is 0 Å². The van der Waals surface area contributed by atoms with E-state index in [2.05, 4.69) is 15.6 Å². The number of pyridine rings is 1. The van der Waals surface area contributed by atoms with Gasteiger partial charge in [-0.05, 0) is 12.1 Å². The van der Waals surface area contributed by atoms with Crippen LogP contribution in [0, 0.1) is 10.1 Å². The molecule has 1 amide bonds. The van der Waals surface area contributed by atoms with Gasteiger partial charge in [0, 0.05) is 37.6 Å². The van der Waals surface area contributed by atoms with E-state index in [0.29, 0.717) is 24.3 Å². The Bertz CT molecular complexity index is 702. The standard InChI is InChI=1S/C14H12Cl2N4O3/c15-11-6-10(20(22)23)7-12(16)13(11)18-4-5-19-14(21)9-2-1-3-17-8-9/h1-3,6-8,18H,4-5H2,(H,19,21). The lowest BCUT2D eigenvalue weighted by Gasteiger charge is -2.11. The van der Waals surface area contributed by atoms with Crippen molar-refractivity contribution in [3.05, 3.63) is 62.4 Å². The van der Waals surface area contributed by atoms with Crippen molar-refractivity contribution >= 4 is 40.5 Å². The quantitative estimate of drug-likeness (QED) is 0.471. The molecule has 0 saturated heterocycles. The Morgan fingerprint density at radius 1 is 1.26 bits per heavy atom. The largest absolute Gasteiger partial charge is 0.381 e. The van der Waals surface area contributed by atoms with E-state index in [9.17, 15) is 14.9 Å². The maximum absolute atomic E-state index is 11.8. The van der Waals surface area contributed by atoms with Gasteiger partial charge in [0.15, 0.2) is 0 Å². The van der Waals surface area contributed by atoms with Crippen LogP contribution in [0.4, 0.5) is 11.4 Å². The third kappa shape index (κ3) is 4.54. The Balaban J connectivity index is 1.90. The van der Waals surface area contributed by atoms with Crippen molar-refractivity contribution in [2.45, 2.75) is 0 Å². The van der Waals surface area contributed by atoms with Crippen molar-refractivity contribution in [3.8, 4) is 0 Å². The highest BCUT2D eigenvalue weighted by Crippen LogP contribution is 2.34. The lowest BCUT2D eigenvalue weighted by Crippen LogP contribution is -2.28. The fourth-order valence-electron chi connectivity index (χ4n) is 1.80. The van der Waals surface area contributed by atoms with Crippen molar-refractivity contribution in [2.75, 3.05) is 18.4 Å². The van der Waals surface area contributed by atoms with E-state index in [-0.39, 0.29) is 21.6 Å². The van der Waals surface area contributed by atoms with Gasteiger partial charge in [0.2, 0.25) is 0 Å². The molecular formula is C14H12Cl2N4O3. The molecule has 0 bridgehead atoms. The lowest BCUT2D eigenvalue weighted by atomic mass is 10.2. The van der Waals surface area contributed by atoms with Crippen LogP contribution in [0.3, 0.4) is 0 Å². The molecule has 0 atom stereocenters. The van der Waals surface area contributed by atoms with Crippen LogP contribution < -0.4 is 10.6 Å². The van der Waals surface area contributed by atoms with E-state index in [1.54, 1.807) is 18.3 Å². The predicted octanol–water partition coefficient (Wildman–Crippen LogP) is 3.14. The third-order valence-corrected chi connectivity index (χ3v) is 3.47. The fourth-order valence-corrected chi connectivity index (χ4v) is 2.41. The molecule has 0 unspecified atom stereocenters. The number of halogens is 2. The SMILES string of the molecule is O=C(NCCNc1c(Cl)cc([N+](=O)[O-])cc1Cl)c1cccnc1. The second-order valence-corrected chi connectivity index (χ2v) is 5.28. The summed E-state index contributed by atoms with van der Waals surface area (Å²) in [6.45, 7) is 0.667. The molecule has 0 radical (unpaired) electrons. The number of amides is 1. The minimum Gasteiger partial charge on any atom is -0.381 e. The Labute approximate surface area is 141 Å². The number of anilines is 1. The lowest BCUT2D eigenvalue weighted by molar-refractivity contribution is -0.384. The van der Waals surface area contributed by atoms with E-state index >= 15 is 0 Å². The molecule has 0 spiro atoms. The molecule has 2 N–H and O–H groups in total. The zero-order valence-corrected chi connectivity index (χ0v) is 13.3. The number of nitro groups is 1. The molecule has 1 heterocycles. The first-order valence-corrected chi connectivity index (χ1v) is 7.30. The molecule has 0 aliphatic heterocycles. The topological polar surface area (TPSA) is 97.2 Å². The summed E-state index contributed by atoms with van der Waals surface area (Å²) < 4.78 is 0. The monoisotopic (exact) mass is 354 g/mol. The van der Waals surface area contributed by atoms with Gasteiger partial charge < -0.3 is 10.6 Å². The van der Waals surface area contributed by atoms with E-state index in [1.165, 1.54) is 18.3 Å². The first-order valence-electron chi connectivity index (χ1n) is 6.54. The summed E-state index contributed by atoms with van der Waals surface area (Å²) in [5, 5.41) is 16.6. The second-order valence-electron chi connectivity index (χ2n) is 4.47. The van der Waals surface area contributed by atoms with Gasteiger partial charge in [-0.15, -0.1) is 0 Å². The minimum atomic E-state index is -0.574. The Morgan fingerprint density at radius 3 is 2.52 bits per heavy atom. The maximum Gasteiger partial charge on any atom is 0.272 e. The van der Waals surface area contributed by atoms with Gasteiger partial charge in [0.1, 0.15) is 0 Å². The highest BCUT2D eigenvalue weighted by Gasteiger charge is 2.14. The zero-order chi connectivity index (χ0) is 16.8. The van der Waals surface area contributed by atoms with Crippen molar-refractivity contribution < 1.29 is 9.72 Å². The fraction of sp³-hybridized carbons (Fsp3) is 0.143.